The SMILES string of the molecule is CC1CC1C(C)(NC=O)C(=O)O. The maximum atomic E-state index is 10.8. The molecular formula is C8H13NO3. The minimum Gasteiger partial charge on any atom is -0.480 e. The zero-order chi connectivity index (χ0) is 9.35. The number of nitrogens with one attached hydrogen (secondary N) is 1. The molecule has 1 rings (SSSR count). The van der Waals surface area contributed by atoms with Crippen LogP contribution in [0.25, 0.3) is 0 Å². The molecule has 0 spiro atoms. The molecule has 0 aromatic heterocycles. The van der Waals surface area contributed by atoms with E-state index in [1.165, 1.54) is 0 Å². The number of aliphatic carboxylic acids is 1. The number of rotatable bonds is 4. The first-order valence-electron chi connectivity index (χ1n) is 3.97. The summed E-state index contributed by atoms with van der Waals surface area (Å²) in [5.74, 6) is -0.470. The fraction of sp³-hybridized carbons (Fsp3) is 0.750. The second-order valence-corrected chi connectivity index (χ2v) is 3.59. The Morgan fingerprint density at radius 3 is 2.50 bits per heavy atom. The zero-order valence-electron chi connectivity index (χ0n) is 7.20. The fourth-order valence-corrected chi connectivity index (χ4v) is 1.58. The van der Waals surface area contributed by atoms with Crippen molar-refractivity contribution in [2.75, 3.05) is 0 Å². The summed E-state index contributed by atoms with van der Waals surface area (Å²) >= 11 is 0. The molecule has 1 amide bonds. The molecule has 4 heteroatoms. The molecule has 0 aromatic rings. The molecule has 0 saturated heterocycles. The van der Waals surface area contributed by atoms with Gasteiger partial charge in [-0.1, -0.05) is 6.92 Å². The number of hydrogen-bond acceptors (Lipinski definition) is 2. The molecule has 0 aromatic carbocycles. The number of carboxylic acids is 1. The lowest BCUT2D eigenvalue weighted by Gasteiger charge is -2.23. The van der Waals surface area contributed by atoms with E-state index in [1.54, 1.807) is 6.92 Å². The number of amides is 1. The molecule has 0 heterocycles. The summed E-state index contributed by atoms with van der Waals surface area (Å²) in [6.07, 6.45) is 1.34. The van der Waals surface area contributed by atoms with E-state index in [4.69, 9.17) is 5.11 Å². The van der Waals surface area contributed by atoms with Crippen LogP contribution in [0.3, 0.4) is 0 Å². The molecule has 1 fully saturated rings. The van der Waals surface area contributed by atoms with Gasteiger partial charge in [0.05, 0.1) is 0 Å². The topological polar surface area (TPSA) is 66.4 Å². The highest BCUT2D eigenvalue weighted by Gasteiger charge is 2.52. The third-order valence-electron chi connectivity index (χ3n) is 2.65. The predicted octanol–water partition coefficient (Wildman–Crippen LogP) is 0.232. The van der Waals surface area contributed by atoms with E-state index in [-0.39, 0.29) is 5.92 Å². The molecular weight excluding hydrogens is 158 g/mol. The Morgan fingerprint density at radius 2 is 2.25 bits per heavy atom. The molecule has 68 valence electrons. The molecule has 3 unspecified atom stereocenters. The van der Waals surface area contributed by atoms with Gasteiger partial charge in [0.1, 0.15) is 5.54 Å². The molecule has 0 radical (unpaired) electrons. The number of hydrogen-bond donors (Lipinski definition) is 2. The summed E-state index contributed by atoms with van der Waals surface area (Å²) in [7, 11) is 0. The Kier molecular flexibility index (Phi) is 2.08. The molecule has 4 nitrogen and oxygen atoms in total. The summed E-state index contributed by atoms with van der Waals surface area (Å²) in [5, 5.41) is 11.2. The van der Waals surface area contributed by atoms with E-state index < -0.39 is 11.5 Å². The van der Waals surface area contributed by atoms with Crippen molar-refractivity contribution in [1.29, 1.82) is 0 Å². The molecule has 1 aliphatic carbocycles. The van der Waals surface area contributed by atoms with Gasteiger partial charge < -0.3 is 10.4 Å². The average molecular weight is 171 g/mol. The molecule has 0 aliphatic heterocycles. The third-order valence-corrected chi connectivity index (χ3v) is 2.65. The first kappa shape index (κ1) is 9.03. The maximum Gasteiger partial charge on any atom is 0.329 e. The van der Waals surface area contributed by atoms with Crippen LogP contribution < -0.4 is 5.32 Å². The van der Waals surface area contributed by atoms with E-state index in [1.807, 2.05) is 6.92 Å². The van der Waals surface area contributed by atoms with Gasteiger partial charge in [0.25, 0.3) is 0 Å². The van der Waals surface area contributed by atoms with Crippen molar-refractivity contribution in [3.05, 3.63) is 0 Å². The standard InChI is InChI=1S/C8H13NO3/c1-5-3-6(5)8(2,7(11)12)9-4-10/h4-6H,3H2,1-2H3,(H,9,10)(H,11,12). The van der Waals surface area contributed by atoms with E-state index in [0.717, 1.165) is 6.42 Å². The Bertz CT molecular complexity index is 216. The summed E-state index contributed by atoms with van der Waals surface area (Å²) in [6.45, 7) is 3.54. The maximum absolute atomic E-state index is 10.8. The van der Waals surface area contributed by atoms with Crippen LogP contribution in [-0.2, 0) is 9.59 Å². The highest BCUT2D eigenvalue weighted by molar-refractivity contribution is 5.82. The van der Waals surface area contributed by atoms with Crippen molar-refractivity contribution in [1.82, 2.24) is 5.32 Å². The minimum absolute atomic E-state index is 0.0835. The van der Waals surface area contributed by atoms with Crippen LogP contribution in [0.5, 0.6) is 0 Å². The third kappa shape index (κ3) is 1.29. The fourth-order valence-electron chi connectivity index (χ4n) is 1.58. The summed E-state index contributed by atoms with van der Waals surface area (Å²) < 4.78 is 0. The van der Waals surface area contributed by atoms with Gasteiger partial charge in [-0.3, -0.25) is 4.79 Å². The van der Waals surface area contributed by atoms with Crippen LogP contribution in [0, 0.1) is 11.8 Å². The normalized spacial score (nSPS) is 31.8. The van der Waals surface area contributed by atoms with E-state index in [2.05, 4.69) is 5.32 Å². The van der Waals surface area contributed by atoms with Crippen molar-refractivity contribution in [3.8, 4) is 0 Å². The summed E-state index contributed by atoms with van der Waals surface area (Å²) in [6, 6.07) is 0. The Hall–Kier alpha value is -1.06. The van der Waals surface area contributed by atoms with Crippen LogP contribution in [0.1, 0.15) is 20.3 Å². The van der Waals surface area contributed by atoms with Gasteiger partial charge in [0.15, 0.2) is 0 Å². The molecule has 0 bridgehead atoms. The van der Waals surface area contributed by atoms with Crippen molar-refractivity contribution < 1.29 is 14.7 Å². The van der Waals surface area contributed by atoms with Crippen LogP contribution in [-0.4, -0.2) is 23.0 Å². The van der Waals surface area contributed by atoms with Gasteiger partial charge >= 0.3 is 5.97 Å². The first-order chi connectivity index (χ1) is 5.52. The largest absolute Gasteiger partial charge is 0.480 e. The van der Waals surface area contributed by atoms with Gasteiger partial charge in [0.2, 0.25) is 6.41 Å². The van der Waals surface area contributed by atoms with Crippen molar-refractivity contribution >= 4 is 12.4 Å². The molecule has 3 atom stereocenters. The predicted molar refractivity (Wildman–Crippen MR) is 42.5 cm³/mol. The molecule has 1 saturated carbocycles. The first-order valence-corrected chi connectivity index (χ1v) is 3.97. The number of carboxylic acid groups (broad SMARTS) is 1. The molecule has 12 heavy (non-hydrogen) atoms. The van der Waals surface area contributed by atoms with E-state index in [0.29, 0.717) is 12.3 Å². The molecule has 1 aliphatic rings. The van der Waals surface area contributed by atoms with Gasteiger partial charge in [-0.05, 0) is 25.2 Å². The number of carbonyl (C=O) groups is 2. The quantitative estimate of drug-likeness (QED) is 0.595. The van der Waals surface area contributed by atoms with Gasteiger partial charge in [0, 0.05) is 0 Å². The van der Waals surface area contributed by atoms with E-state index in [9.17, 15) is 9.59 Å². The van der Waals surface area contributed by atoms with Crippen molar-refractivity contribution in [3.63, 3.8) is 0 Å². The lowest BCUT2D eigenvalue weighted by molar-refractivity contribution is -0.146. The Labute approximate surface area is 71.0 Å². The van der Waals surface area contributed by atoms with Crippen LogP contribution >= 0.6 is 0 Å². The lowest BCUT2D eigenvalue weighted by Crippen LogP contribution is -2.51. The second kappa shape index (κ2) is 2.77. The van der Waals surface area contributed by atoms with Crippen LogP contribution in [0.2, 0.25) is 0 Å². The molecule has 2 N–H and O–H groups in total. The zero-order valence-corrected chi connectivity index (χ0v) is 7.20. The van der Waals surface area contributed by atoms with Crippen molar-refractivity contribution in [2.45, 2.75) is 25.8 Å². The van der Waals surface area contributed by atoms with Crippen LogP contribution in [0.15, 0.2) is 0 Å². The minimum atomic E-state index is -1.07. The highest BCUT2D eigenvalue weighted by Crippen LogP contribution is 2.45. The van der Waals surface area contributed by atoms with Gasteiger partial charge in [-0.25, -0.2) is 4.79 Å². The van der Waals surface area contributed by atoms with Gasteiger partial charge in [-0.2, -0.15) is 0 Å². The highest BCUT2D eigenvalue weighted by atomic mass is 16.4. The average Bonchev–Trinajstić information content (AvgIpc) is 2.67. The monoisotopic (exact) mass is 171 g/mol. The summed E-state index contributed by atoms with van der Waals surface area (Å²) in [4.78, 5) is 21.0. The smallest absolute Gasteiger partial charge is 0.329 e. The van der Waals surface area contributed by atoms with Crippen molar-refractivity contribution in [2.24, 2.45) is 11.8 Å². The summed E-state index contributed by atoms with van der Waals surface area (Å²) in [5.41, 5.74) is -1.07. The van der Waals surface area contributed by atoms with E-state index >= 15 is 0 Å². The number of carbonyl (C=O) groups excluding carboxylic acids is 1. The Balaban J connectivity index is 2.72. The second-order valence-electron chi connectivity index (χ2n) is 3.59. The lowest BCUT2D eigenvalue weighted by atomic mass is 9.95. The van der Waals surface area contributed by atoms with Crippen LogP contribution in [0.4, 0.5) is 0 Å². The Morgan fingerprint density at radius 1 is 1.75 bits per heavy atom. The van der Waals surface area contributed by atoms with Gasteiger partial charge in [-0.15, -0.1) is 0 Å².